The molecule has 1 aliphatic heterocycles. The molecule has 1 atom stereocenters. The summed E-state index contributed by atoms with van der Waals surface area (Å²) in [7, 11) is 2.08. The van der Waals surface area contributed by atoms with Crippen molar-refractivity contribution in [2.75, 3.05) is 26.7 Å². The molecule has 0 aliphatic carbocycles. The molecule has 3 heterocycles. The molecule has 1 aromatic carbocycles. The normalized spacial score (nSPS) is 19.1. The standard InChI is InChI=1S/C16H18N6O/c1-21-9-7-17-11-14(21)15-19-16(23-20-15)12-4-2-5-13(10-12)22-8-3-6-18-22/h2-6,8,10,14,17H,7,9,11H2,1H3. The van der Waals surface area contributed by atoms with Gasteiger partial charge < -0.3 is 9.84 Å². The second-order valence-electron chi connectivity index (χ2n) is 5.66. The Balaban J connectivity index is 1.63. The van der Waals surface area contributed by atoms with Crippen LogP contribution in [0.15, 0.2) is 47.2 Å². The van der Waals surface area contributed by atoms with Crippen molar-refractivity contribution in [3.05, 3.63) is 48.5 Å². The highest BCUT2D eigenvalue weighted by Crippen LogP contribution is 2.24. The van der Waals surface area contributed by atoms with Crippen LogP contribution in [0.2, 0.25) is 0 Å². The summed E-state index contributed by atoms with van der Waals surface area (Å²) in [5.74, 6) is 1.26. The number of hydrogen-bond acceptors (Lipinski definition) is 6. The Morgan fingerprint density at radius 1 is 1.30 bits per heavy atom. The first-order valence-corrected chi connectivity index (χ1v) is 7.66. The number of aromatic nitrogens is 4. The number of likely N-dealkylation sites (N-methyl/N-ethyl adjacent to an activating group) is 1. The number of piperazine rings is 1. The number of nitrogens with zero attached hydrogens (tertiary/aromatic N) is 5. The smallest absolute Gasteiger partial charge is 0.258 e. The maximum Gasteiger partial charge on any atom is 0.258 e. The van der Waals surface area contributed by atoms with Crippen LogP contribution in [0.3, 0.4) is 0 Å². The fourth-order valence-electron chi connectivity index (χ4n) is 2.78. The molecule has 7 heteroatoms. The lowest BCUT2D eigenvalue weighted by Crippen LogP contribution is -2.44. The number of rotatable bonds is 3. The molecule has 1 N–H and O–H groups in total. The fraction of sp³-hybridized carbons (Fsp3) is 0.312. The van der Waals surface area contributed by atoms with Crippen LogP contribution in [0.1, 0.15) is 11.9 Å². The topological polar surface area (TPSA) is 72.0 Å². The molecule has 23 heavy (non-hydrogen) atoms. The molecular formula is C16H18N6O. The molecule has 1 fully saturated rings. The van der Waals surface area contributed by atoms with Gasteiger partial charge in [-0.25, -0.2) is 4.68 Å². The van der Waals surface area contributed by atoms with Crippen molar-refractivity contribution in [1.29, 1.82) is 0 Å². The highest BCUT2D eigenvalue weighted by atomic mass is 16.5. The van der Waals surface area contributed by atoms with Crippen molar-refractivity contribution in [2.45, 2.75) is 6.04 Å². The molecule has 1 aliphatic rings. The van der Waals surface area contributed by atoms with Crippen molar-refractivity contribution in [3.8, 4) is 17.1 Å². The number of benzene rings is 1. The predicted molar refractivity (Wildman–Crippen MR) is 85.1 cm³/mol. The molecule has 0 radical (unpaired) electrons. The van der Waals surface area contributed by atoms with Crippen LogP contribution in [0.4, 0.5) is 0 Å². The second-order valence-corrected chi connectivity index (χ2v) is 5.66. The van der Waals surface area contributed by atoms with Gasteiger partial charge in [0.15, 0.2) is 5.82 Å². The van der Waals surface area contributed by atoms with Gasteiger partial charge in [-0.1, -0.05) is 11.2 Å². The van der Waals surface area contributed by atoms with Crippen LogP contribution in [0.5, 0.6) is 0 Å². The van der Waals surface area contributed by atoms with E-state index in [1.54, 1.807) is 10.9 Å². The van der Waals surface area contributed by atoms with Crippen molar-refractivity contribution in [1.82, 2.24) is 30.1 Å². The van der Waals surface area contributed by atoms with Crippen molar-refractivity contribution in [3.63, 3.8) is 0 Å². The molecule has 118 valence electrons. The largest absolute Gasteiger partial charge is 0.334 e. The van der Waals surface area contributed by atoms with Crippen molar-refractivity contribution < 1.29 is 4.52 Å². The highest BCUT2D eigenvalue weighted by molar-refractivity contribution is 5.57. The lowest BCUT2D eigenvalue weighted by Gasteiger charge is -2.30. The summed E-state index contributed by atoms with van der Waals surface area (Å²) >= 11 is 0. The summed E-state index contributed by atoms with van der Waals surface area (Å²) < 4.78 is 7.28. The lowest BCUT2D eigenvalue weighted by atomic mass is 10.2. The third kappa shape index (κ3) is 2.76. The molecule has 0 saturated carbocycles. The SMILES string of the molecule is CN1CCNCC1c1noc(-c2cccc(-n3cccn3)c2)n1. The van der Waals surface area contributed by atoms with E-state index in [0.717, 1.165) is 36.7 Å². The van der Waals surface area contributed by atoms with E-state index in [0.29, 0.717) is 5.89 Å². The van der Waals surface area contributed by atoms with Crippen molar-refractivity contribution >= 4 is 0 Å². The van der Waals surface area contributed by atoms with Gasteiger partial charge in [0.05, 0.1) is 11.7 Å². The minimum atomic E-state index is 0.149. The molecule has 0 bridgehead atoms. The van der Waals surface area contributed by atoms with Crippen LogP contribution in [-0.2, 0) is 0 Å². The Kier molecular flexibility index (Phi) is 3.64. The van der Waals surface area contributed by atoms with Crippen molar-refractivity contribution in [2.24, 2.45) is 0 Å². The van der Waals surface area contributed by atoms with Crippen LogP contribution in [0.25, 0.3) is 17.1 Å². The zero-order valence-electron chi connectivity index (χ0n) is 12.9. The first kappa shape index (κ1) is 14.1. The van der Waals surface area contributed by atoms with Crippen LogP contribution in [0, 0.1) is 0 Å². The lowest BCUT2D eigenvalue weighted by molar-refractivity contribution is 0.190. The zero-order valence-corrected chi connectivity index (χ0v) is 12.9. The molecule has 1 saturated heterocycles. The molecule has 4 rings (SSSR count). The minimum absolute atomic E-state index is 0.149. The van der Waals surface area contributed by atoms with E-state index in [1.165, 1.54) is 0 Å². The maximum absolute atomic E-state index is 5.48. The Bertz CT molecular complexity index is 781. The van der Waals surface area contributed by atoms with Gasteiger partial charge in [0.25, 0.3) is 5.89 Å². The molecular weight excluding hydrogens is 292 g/mol. The molecule has 0 amide bonds. The van der Waals surface area contributed by atoms with Gasteiger partial charge in [-0.2, -0.15) is 10.1 Å². The Morgan fingerprint density at radius 3 is 3.09 bits per heavy atom. The first-order chi connectivity index (χ1) is 11.3. The summed E-state index contributed by atoms with van der Waals surface area (Å²) in [6.07, 6.45) is 3.66. The van der Waals surface area contributed by atoms with E-state index >= 15 is 0 Å². The van der Waals surface area contributed by atoms with Crippen LogP contribution >= 0.6 is 0 Å². The van der Waals surface area contributed by atoms with Crippen LogP contribution in [-0.4, -0.2) is 51.5 Å². The second kappa shape index (κ2) is 5.94. The maximum atomic E-state index is 5.48. The molecule has 3 aromatic rings. The number of nitrogens with one attached hydrogen (secondary N) is 1. The fourth-order valence-corrected chi connectivity index (χ4v) is 2.78. The molecule has 0 spiro atoms. The van der Waals surface area contributed by atoms with E-state index in [-0.39, 0.29) is 6.04 Å². The molecule has 7 nitrogen and oxygen atoms in total. The summed E-state index contributed by atoms with van der Waals surface area (Å²) in [6, 6.07) is 9.95. The third-order valence-corrected chi connectivity index (χ3v) is 4.11. The Morgan fingerprint density at radius 2 is 2.26 bits per heavy atom. The highest BCUT2D eigenvalue weighted by Gasteiger charge is 2.25. The van der Waals surface area contributed by atoms with E-state index in [9.17, 15) is 0 Å². The Hall–Kier alpha value is -2.51. The monoisotopic (exact) mass is 310 g/mol. The summed E-state index contributed by atoms with van der Waals surface area (Å²) in [5, 5.41) is 11.8. The van der Waals surface area contributed by atoms with E-state index in [1.807, 2.05) is 36.5 Å². The van der Waals surface area contributed by atoms with E-state index < -0.39 is 0 Å². The number of hydrogen-bond donors (Lipinski definition) is 1. The quantitative estimate of drug-likeness (QED) is 0.790. The van der Waals surface area contributed by atoms with Gasteiger partial charge in [0, 0.05) is 37.6 Å². The molecule has 2 aromatic heterocycles. The first-order valence-electron chi connectivity index (χ1n) is 7.66. The van der Waals surface area contributed by atoms with Gasteiger partial charge in [0.2, 0.25) is 0 Å². The van der Waals surface area contributed by atoms with Gasteiger partial charge in [-0.3, -0.25) is 4.90 Å². The predicted octanol–water partition coefficient (Wildman–Crippen LogP) is 1.50. The molecule has 1 unspecified atom stereocenters. The van der Waals surface area contributed by atoms with Gasteiger partial charge in [-0.15, -0.1) is 0 Å². The average molecular weight is 310 g/mol. The third-order valence-electron chi connectivity index (χ3n) is 4.11. The van der Waals surface area contributed by atoms with Gasteiger partial charge in [-0.05, 0) is 31.3 Å². The zero-order chi connectivity index (χ0) is 15.6. The summed E-state index contributed by atoms with van der Waals surface area (Å²) in [5.41, 5.74) is 1.85. The average Bonchev–Trinajstić information content (AvgIpc) is 3.27. The Labute approximate surface area is 133 Å². The summed E-state index contributed by atoms with van der Waals surface area (Å²) in [6.45, 7) is 2.80. The van der Waals surface area contributed by atoms with Crippen LogP contribution < -0.4 is 5.32 Å². The van der Waals surface area contributed by atoms with E-state index in [2.05, 4.69) is 32.5 Å². The summed E-state index contributed by atoms with van der Waals surface area (Å²) in [4.78, 5) is 6.83. The van der Waals surface area contributed by atoms with Gasteiger partial charge in [0.1, 0.15) is 0 Å². The van der Waals surface area contributed by atoms with Gasteiger partial charge >= 0.3 is 0 Å². The minimum Gasteiger partial charge on any atom is -0.334 e. The van der Waals surface area contributed by atoms with E-state index in [4.69, 9.17) is 4.52 Å².